The molecule has 0 fully saturated rings. The number of hydrogen-bond acceptors (Lipinski definition) is 6. The molecule has 0 saturated carbocycles. The third kappa shape index (κ3) is 9.12. The van der Waals surface area contributed by atoms with Gasteiger partial charge in [0.25, 0.3) is 5.69 Å². The minimum Gasteiger partial charge on any atom is -0.350 e. The molecule has 3 aromatic carbocycles. The van der Waals surface area contributed by atoms with E-state index in [9.17, 15) is 28.1 Å². The van der Waals surface area contributed by atoms with E-state index in [-0.39, 0.29) is 24.3 Å². The summed E-state index contributed by atoms with van der Waals surface area (Å²) in [5.41, 5.74) is 1.08. The topological polar surface area (TPSA) is 130 Å². The largest absolute Gasteiger partial charge is 0.350 e. The van der Waals surface area contributed by atoms with Crippen molar-refractivity contribution in [2.24, 2.45) is 0 Å². The molecule has 0 aromatic heterocycles. The molecule has 0 radical (unpaired) electrons. The standard InChI is InChI=1S/C30H35BrN4O6S/c1-21-11-16-25(35(38)39)18-26(21)34(42(5,40)41)20-28(36)33(19-23-12-14-24(31)15-13-23)27(29(37)32-30(2,3)4)17-22-9-7-6-8-10-22/h6-16,18,27H,17,19-20H2,1-5H3,(H,32,37). The van der Waals surface area contributed by atoms with Crippen molar-refractivity contribution >= 4 is 49.1 Å². The zero-order valence-electron chi connectivity index (χ0n) is 24.2. The van der Waals surface area contributed by atoms with Gasteiger partial charge in [0, 0.05) is 35.1 Å². The molecule has 10 nitrogen and oxygen atoms in total. The highest BCUT2D eigenvalue weighted by molar-refractivity contribution is 9.10. The van der Waals surface area contributed by atoms with E-state index in [1.54, 1.807) is 6.92 Å². The number of nitro benzene ring substituents is 1. The second-order valence-electron chi connectivity index (χ2n) is 11.1. The zero-order chi connectivity index (χ0) is 31.2. The molecule has 0 aliphatic heterocycles. The van der Waals surface area contributed by atoms with Gasteiger partial charge in [0.2, 0.25) is 21.8 Å². The Hall–Kier alpha value is -3.77. The molecular weight excluding hydrogens is 624 g/mol. The number of rotatable bonds is 11. The number of benzene rings is 3. The number of nitrogens with zero attached hydrogens (tertiary/aromatic N) is 3. The van der Waals surface area contributed by atoms with Crippen molar-refractivity contribution in [3.63, 3.8) is 0 Å². The average Bonchev–Trinajstić information content (AvgIpc) is 2.89. The van der Waals surface area contributed by atoms with Gasteiger partial charge in [-0.05, 0) is 56.5 Å². The van der Waals surface area contributed by atoms with Crippen LogP contribution in [0.15, 0.2) is 77.3 Å². The van der Waals surface area contributed by atoms with E-state index in [4.69, 9.17) is 0 Å². The number of carbonyl (C=O) groups excluding carboxylic acids is 2. The summed E-state index contributed by atoms with van der Waals surface area (Å²) < 4.78 is 27.7. The second kappa shape index (κ2) is 13.5. The third-order valence-corrected chi connectivity index (χ3v) is 8.04. The molecule has 3 rings (SSSR count). The first kappa shape index (κ1) is 32.7. The first-order valence-corrected chi connectivity index (χ1v) is 15.8. The molecule has 1 N–H and O–H groups in total. The highest BCUT2D eigenvalue weighted by atomic mass is 79.9. The van der Waals surface area contributed by atoms with Gasteiger partial charge in [-0.15, -0.1) is 0 Å². The molecule has 1 atom stereocenters. The molecule has 0 saturated heterocycles. The normalized spacial score (nSPS) is 12.3. The van der Waals surface area contributed by atoms with Crippen LogP contribution < -0.4 is 9.62 Å². The number of halogens is 1. The number of aryl methyl sites for hydroxylation is 1. The number of sulfonamides is 1. The monoisotopic (exact) mass is 658 g/mol. The lowest BCUT2D eigenvalue weighted by molar-refractivity contribution is -0.384. The highest BCUT2D eigenvalue weighted by Gasteiger charge is 2.35. The number of non-ortho nitro benzene ring substituents is 1. The van der Waals surface area contributed by atoms with Crippen molar-refractivity contribution < 1.29 is 22.9 Å². The second-order valence-corrected chi connectivity index (χ2v) is 13.9. The summed E-state index contributed by atoms with van der Waals surface area (Å²) in [5.74, 6) is -1.03. The fraction of sp³-hybridized carbons (Fsp3) is 0.333. The lowest BCUT2D eigenvalue weighted by Gasteiger charge is -2.35. The van der Waals surface area contributed by atoms with Crippen molar-refractivity contribution in [1.29, 1.82) is 0 Å². The molecule has 0 aliphatic carbocycles. The molecule has 0 spiro atoms. The number of nitrogens with one attached hydrogen (secondary N) is 1. The summed E-state index contributed by atoms with van der Waals surface area (Å²) in [4.78, 5) is 40.1. The summed E-state index contributed by atoms with van der Waals surface area (Å²) in [6.07, 6.45) is 1.12. The highest BCUT2D eigenvalue weighted by Crippen LogP contribution is 2.28. The van der Waals surface area contributed by atoms with Gasteiger partial charge in [-0.3, -0.25) is 24.0 Å². The SMILES string of the molecule is Cc1ccc([N+](=O)[O-])cc1N(CC(=O)N(Cc1ccc(Br)cc1)C(Cc1ccccc1)C(=O)NC(C)(C)C)S(C)(=O)=O. The van der Waals surface area contributed by atoms with Crippen LogP contribution in [0.4, 0.5) is 11.4 Å². The van der Waals surface area contributed by atoms with Crippen LogP contribution in [0.1, 0.15) is 37.5 Å². The maximum absolute atomic E-state index is 14.2. The van der Waals surface area contributed by atoms with Crippen LogP contribution in [0.3, 0.4) is 0 Å². The van der Waals surface area contributed by atoms with Gasteiger partial charge in [0.1, 0.15) is 12.6 Å². The van der Waals surface area contributed by atoms with Crippen LogP contribution in [0.25, 0.3) is 0 Å². The van der Waals surface area contributed by atoms with E-state index >= 15 is 0 Å². The average molecular weight is 660 g/mol. The van der Waals surface area contributed by atoms with Gasteiger partial charge >= 0.3 is 0 Å². The predicted octanol–water partition coefficient (Wildman–Crippen LogP) is 4.99. The smallest absolute Gasteiger partial charge is 0.271 e. The zero-order valence-corrected chi connectivity index (χ0v) is 26.6. The Labute approximate surface area is 255 Å². The van der Waals surface area contributed by atoms with Crippen LogP contribution in [-0.4, -0.2) is 54.4 Å². The first-order chi connectivity index (χ1) is 19.5. The maximum atomic E-state index is 14.2. The van der Waals surface area contributed by atoms with Gasteiger partial charge in [-0.25, -0.2) is 8.42 Å². The number of hydrogen-bond donors (Lipinski definition) is 1. The van der Waals surface area contributed by atoms with E-state index in [1.165, 1.54) is 17.0 Å². The van der Waals surface area contributed by atoms with Gasteiger partial charge in [0.05, 0.1) is 16.9 Å². The molecule has 0 aliphatic rings. The van der Waals surface area contributed by atoms with Crippen molar-refractivity contribution in [1.82, 2.24) is 10.2 Å². The number of nitro groups is 1. The van der Waals surface area contributed by atoms with Crippen molar-refractivity contribution in [2.75, 3.05) is 17.1 Å². The van der Waals surface area contributed by atoms with Gasteiger partial charge in [0.15, 0.2) is 0 Å². The Morgan fingerprint density at radius 2 is 1.62 bits per heavy atom. The van der Waals surface area contributed by atoms with E-state index in [2.05, 4.69) is 21.2 Å². The number of carbonyl (C=O) groups is 2. The Morgan fingerprint density at radius 3 is 2.17 bits per heavy atom. The fourth-order valence-corrected chi connectivity index (χ4v) is 5.53. The predicted molar refractivity (Wildman–Crippen MR) is 167 cm³/mol. The van der Waals surface area contributed by atoms with E-state index in [0.29, 0.717) is 5.56 Å². The van der Waals surface area contributed by atoms with Crippen molar-refractivity contribution in [3.8, 4) is 0 Å². The molecule has 0 bridgehead atoms. The lowest BCUT2D eigenvalue weighted by atomic mass is 10.0. The number of amides is 2. The number of anilines is 1. The Kier molecular flexibility index (Phi) is 10.5. The molecule has 3 aromatic rings. The van der Waals surface area contributed by atoms with Gasteiger partial charge in [-0.1, -0.05) is 64.5 Å². The minimum absolute atomic E-state index is 0.0161. The van der Waals surface area contributed by atoms with Gasteiger partial charge in [-0.2, -0.15) is 0 Å². The molecule has 224 valence electrons. The fourth-order valence-electron chi connectivity index (χ4n) is 4.37. The molecule has 42 heavy (non-hydrogen) atoms. The minimum atomic E-state index is -4.07. The molecule has 1 unspecified atom stereocenters. The van der Waals surface area contributed by atoms with E-state index < -0.39 is 44.9 Å². The molecular formula is C30H35BrN4O6S. The molecule has 0 heterocycles. The quantitative estimate of drug-likeness (QED) is 0.228. The van der Waals surface area contributed by atoms with Crippen LogP contribution >= 0.6 is 15.9 Å². The van der Waals surface area contributed by atoms with Crippen LogP contribution in [0, 0.1) is 17.0 Å². The van der Waals surface area contributed by atoms with Crippen LogP contribution in [0.5, 0.6) is 0 Å². The summed E-state index contributed by atoms with van der Waals surface area (Å²) >= 11 is 3.41. The first-order valence-electron chi connectivity index (χ1n) is 13.2. The molecule has 12 heteroatoms. The Balaban J connectivity index is 2.12. The van der Waals surface area contributed by atoms with Crippen molar-refractivity contribution in [2.45, 2.75) is 52.2 Å². The Bertz CT molecular complexity index is 1540. The summed E-state index contributed by atoms with van der Waals surface area (Å²) in [5, 5.41) is 14.4. The van der Waals surface area contributed by atoms with E-state index in [0.717, 1.165) is 32.2 Å². The van der Waals surface area contributed by atoms with E-state index in [1.807, 2.05) is 75.4 Å². The third-order valence-electron chi connectivity index (χ3n) is 6.39. The van der Waals surface area contributed by atoms with Crippen LogP contribution in [0.2, 0.25) is 0 Å². The summed E-state index contributed by atoms with van der Waals surface area (Å²) in [6, 6.07) is 19.3. The maximum Gasteiger partial charge on any atom is 0.271 e. The molecule has 2 amide bonds. The Morgan fingerprint density at radius 1 is 1.00 bits per heavy atom. The lowest BCUT2D eigenvalue weighted by Crippen LogP contribution is -2.56. The summed E-state index contributed by atoms with van der Waals surface area (Å²) in [6.45, 7) is 6.47. The van der Waals surface area contributed by atoms with Gasteiger partial charge < -0.3 is 10.2 Å². The van der Waals surface area contributed by atoms with Crippen LogP contribution in [-0.2, 0) is 32.6 Å². The summed E-state index contributed by atoms with van der Waals surface area (Å²) in [7, 11) is -4.07. The van der Waals surface area contributed by atoms with Crippen molar-refractivity contribution in [3.05, 3.63) is 104 Å².